The molecule has 1 atom stereocenters. The van der Waals surface area contributed by atoms with Gasteiger partial charge in [-0.3, -0.25) is 0 Å². The maximum Gasteiger partial charge on any atom is 0.141 e. The second-order valence-corrected chi connectivity index (χ2v) is 4.05. The summed E-state index contributed by atoms with van der Waals surface area (Å²) in [7, 11) is 0. The summed E-state index contributed by atoms with van der Waals surface area (Å²) in [5.41, 5.74) is 0. The summed E-state index contributed by atoms with van der Waals surface area (Å²) >= 11 is 0. The smallest absolute Gasteiger partial charge is 0.141 e. The molecule has 0 saturated carbocycles. The van der Waals surface area contributed by atoms with E-state index in [1.807, 2.05) is 0 Å². The molecule has 0 fully saturated rings. The fraction of sp³-hybridized carbons (Fsp3) is 0.636. The Balaban J connectivity index is 2.34. The molecule has 4 heteroatoms. The number of nitrogens with one attached hydrogen (secondary N) is 1. The van der Waals surface area contributed by atoms with Crippen LogP contribution in [0.15, 0.2) is 18.5 Å². The highest BCUT2D eigenvalue weighted by atomic mass is 16.3. The first-order valence-electron chi connectivity index (χ1n) is 5.32. The fourth-order valence-electron chi connectivity index (χ4n) is 1.45. The molecular formula is C11H19N3O. The summed E-state index contributed by atoms with van der Waals surface area (Å²) < 4.78 is 0. The number of aliphatic hydroxyl groups excluding tert-OH is 1. The van der Waals surface area contributed by atoms with Crippen molar-refractivity contribution >= 4 is 0 Å². The van der Waals surface area contributed by atoms with Gasteiger partial charge in [-0.1, -0.05) is 13.8 Å². The quantitative estimate of drug-likeness (QED) is 0.733. The summed E-state index contributed by atoms with van der Waals surface area (Å²) in [4.78, 5) is 8.22. The van der Waals surface area contributed by atoms with Crippen LogP contribution in [-0.4, -0.2) is 27.7 Å². The van der Waals surface area contributed by atoms with E-state index in [1.54, 1.807) is 18.5 Å². The third-order valence-electron chi connectivity index (χ3n) is 2.14. The lowest BCUT2D eigenvalue weighted by molar-refractivity contribution is 0.223. The van der Waals surface area contributed by atoms with E-state index >= 15 is 0 Å². The van der Waals surface area contributed by atoms with Gasteiger partial charge in [-0.05, 0) is 18.4 Å². The molecule has 0 aliphatic carbocycles. The SMILES string of the molecule is CC(C)CC(CO)NCc1ncccn1. The van der Waals surface area contributed by atoms with Crippen LogP contribution >= 0.6 is 0 Å². The Hall–Kier alpha value is -1.00. The minimum absolute atomic E-state index is 0.133. The van der Waals surface area contributed by atoms with E-state index in [1.165, 1.54) is 0 Å². The Morgan fingerprint density at radius 1 is 1.33 bits per heavy atom. The highest BCUT2D eigenvalue weighted by Crippen LogP contribution is 2.04. The molecule has 0 bridgehead atoms. The van der Waals surface area contributed by atoms with Crippen LogP contribution in [0.1, 0.15) is 26.1 Å². The Labute approximate surface area is 90.8 Å². The van der Waals surface area contributed by atoms with Gasteiger partial charge in [-0.15, -0.1) is 0 Å². The van der Waals surface area contributed by atoms with Crippen LogP contribution in [0, 0.1) is 5.92 Å². The maximum atomic E-state index is 9.15. The molecule has 4 nitrogen and oxygen atoms in total. The zero-order valence-electron chi connectivity index (χ0n) is 9.35. The highest BCUT2D eigenvalue weighted by Gasteiger charge is 2.09. The van der Waals surface area contributed by atoms with E-state index in [9.17, 15) is 0 Å². The first kappa shape index (κ1) is 12.1. The number of hydrogen-bond acceptors (Lipinski definition) is 4. The van der Waals surface area contributed by atoms with Crippen LogP contribution < -0.4 is 5.32 Å². The van der Waals surface area contributed by atoms with Crippen molar-refractivity contribution < 1.29 is 5.11 Å². The number of nitrogens with zero attached hydrogens (tertiary/aromatic N) is 2. The molecule has 0 aliphatic rings. The van der Waals surface area contributed by atoms with Gasteiger partial charge < -0.3 is 10.4 Å². The lowest BCUT2D eigenvalue weighted by atomic mass is 10.0. The first-order valence-corrected chi connectivity index (χ1v) is 5.32. The van der Waals surface area contributed by atoms with Gasteiger partial charge in [0.15, 0.2) is 0 Å². The average molecular weight is 209 g/mol. The van der Waals surface area contributed by atoms with Gasteiger partial charge in [0.05, 0.1) is 13.2 Å². The van der Waals surface area contributed by atoms with Crippen molar-refractivity contribution in [1.82, 2.24) is 15.3 Å². The van der Waals surface area contributed by atoms with Gasteiger partial charge in [0.2, 0.25) is 0 Å². The topological polar surface area (TPSA) is 58.0 Å². The average Bonchev–Trinajstić information content (AvgIpc) is 2.25. The third-order valence-corrected chi connectivity index (χ3v) is 2.14. The van der Waals surface area contributed by atoms with E-state index in [0.717, 1.165) is 12.2 Å². The molecule has 1 aromatic rings. The zero-order chi connectivity index (χ0) is 11.1. The monoisotopic (exact) mass is 209 g/mol. The van der Waals surface area contributed by atoms with Crippen LogP contribution in [0.3, 0.4) is 0 Å². The van der Waals surface area contributed by atoms with Crippen LogP contribution in [0.25, 0.3) is 0 Å². The van der Waals surface area contributed by atoms with Gasteiger partial charge >= 0.3 is 0 Å². The van der Waals surface area contributed by atoms with Gasteiger partial charge in [-0.25, -0.2) is 9.97 Å². The number of aromatic nitrogens is 2. The summed E-state index contributed by atoms with van der Waals surface area (Å²) in [5.74, 6) is 1.34. The summed E-state index contributed by atoms with van der Waals surface area (Å²) in [6.45, 7) is 5.05. The van der Waals surface area contributed by atoms with Crippen LogP contribution in [-0.2, 0) is 6.54 Å². The molecule has 0 radical (unpaired) electrons. The van der Waals surface area contributed by atoms with Crippen molar-refractivity contribution in [2.24, 2.45) is 5.92 Å². The molecule has 15 heavy (non-hydrogen) atoms. The zero-order valence-corrected chi connectivity index (χ0v) is 9.35. The van der Waals surface area contributed by atoms with Crippen molar-refractivity contribution in [2.75, 3.05) is 6.61 Å². The van der Waals surface area contributed by atoms with Crippen LogP contribution in [0.5, 0.6) is 0 Å². The van der Waals surface area contributed by atoms with Crippen molar-refractivity contribution in [1.29, 1.82) is 0 Å². The second-order valence-electron chi connectivity index (χ2n) is 4.05. The fourth-order valence-corrected chi connectivity index (χ4v) is 1.45. The molecule has 0 spiro atoms. The molecule has 0 aliphatic heterocycles. The van der Waals surface area contributed by atoms with E-state index < -0.39 is 0 Å². The van der Waals surface area contributed by atoms with E-state index in [-0.39, 0.29) is 12.6 Å². The van der Waals surface area contributed by atoms with Crippen LogP contribution in [0.2, 0.25) is 0 Å². The van der Waals surface area contributed by atoms with E-state index in [2.05, 4.69) is 29.1 Å². The largest absolute Gasteiger partial charge is 0.395 e. The molecule has 1 heterocycles. The standard InChI is InChI=1S/C11H19N3O/c1-9(2)6-10(8-15)14-7-11-12-4-3-5-13-11/h3-5,9-10,14-15H,6-8H2,1-2H3. The number of aliphatic hydroxyl groups is 1. The number of hydrogen-bond donors (Lipinski definition) is 2. The van der Waals surface area contributed by atoms with Gasteiger partial charge in [0, 0.05) is 18.4 Å². The summed E-state index contributed by atoms with van der Waals surface area (Å²) in [6.07, 6.45) is 4.41. The molecule has 0 saturated heterocycles. The Kier molecular flexibility index (Phi) is 5.21. The lowest BCUT2D eigenvalue weighted by Crippen LogP contribution is -2.33. The molecule has 1 rings (SSSR count). The molecule has 1 unspecified atom stereocenters. The van der Waals surface area contributed by atoms with E-state index in [0.29, 0.717) is 12.5 Å². The second kappa shape index (κ2) is 6.48. The predicted octanol–water partition coefficient (Wildman–Crippen LogP) is 0.973. The molecule has 1 aromatic heterocycles. The predicted molar refractivity (Wildman–Crippen MR) is 59.2 cm³/mol. The van der Waals surface area contributed by atoms with Crippen molar-refractivity contribution in [3.05, 3.63) is 24.3 Å². The number of rotatable bonds is 6. The van der Waals surface area contributed by atoms with Gasteiger partial charge in [-0.2, -0.15) is 0 Å². The van der Waals surface area contributed by atoms with E-state index in [4.69, 9.17) is 5.11 Å². The van der Waals surface area contributed by atoms with Gasteiger partial charge in [0.25, 0.3) is 0 Å². The maximum absolute atomic E-state index is 9.15. The summed E-state index contributed by atoms with van der Waals surface area (Å²) in [6, 6.07) is 1.93. The lowest BCUT2D eigenvalue weighted by Gasteiger charge is -2.17. The Morgan fingerprint density at radius 3 is 2.53 bits per heavy atom. The molecule has 84 valence electrons. The normalized spacial score (nSPS) is 13.1. The van der Waals surface area contributed by atoms with Crippen molar-refractivity contribution in [3.8, 4) is 0 Å². The van der Waals surface area contributed by atoms with Gasteiger partial charge in [0.1, 0.15) is 5.82 Å². The molecule has 0 amide bonds. The molecule has 2 N–H and O–H groups in total. The van der Waals surface area contributed by atoms with Crippen molar-refractivity contribution in [2.45, 2.75) is 32.9 Å². The van der Waals surface area contributed by atoms with Crippen molar-refractivity contribution in [3.63, 3.8) is 0 Å². The highest BCUT2D eigenvalue weighted by molar-refractivity contribution is 4.88. The third kappa shape index (κ3) is 4.85. The Morgan fingerprint density at radius 2 is 2.00 bits per heavy atom. The minimum atomic E-state index is 0.133. The molecular weight excluding hydrogens is 190 g/mol. The summed E-state index contributed by atoms with van der Waals surface area (Å²) in [5, 5.41) is 12.4. The Bertz CT molecular complexity index is 264. The van der Waals surface area contributed by atoms with Crippen LogP contribution in [0.4, 0.5) is 0 Å². The minimum Gasteiger partial charge on any atom is -0.395 e. The molecule has 0 aromatic carbocycles. The first-order chi connectivity index (χ1) is 7.22.